The van der Waals surface area contributed by atoms with Crippen LogP contribution in [0.15, 0.2) is 156 Å². The average Bonchev–Trinajstić information content (AvgIpc) is 3.51. The molecule has 48 heavy (non-hydrogen) atoms. The molecule has 0 atom stereocenters. The van der Waals surface area contributed by atoms with E-state index in [1.165, 1.54) is 9.96 Å². The second kappa shape index (κ2) is 14.7. The molecule has 3 nitrogen and oxygen atoms in total. The fourth-order valence-electron chi connectivity index (χ4n) is 5.63. The van der Waals surface area contributed by atoms with Crippen molar-refractivity contribution in [1.82, 2.24) is 9.97 Å². The maximum absolute atomic E-state index is 6.34. The molecule has 8 rings (SSSR count). The first-order chi connectivity index (χ1) is 22.9. The molecule has 0 unspecified atom stereocenters. The molecule has 0 saturated carbocycles. The van der Waals surface area contributed by atoms with Crippen molar-refractivity contribution in [1.29, 1.82) is 0 Å². The zero-order valence-corrected chi connectivity index (χ0v) is 31.6. The Balaban J connectivity index is 0.000000201. The SMILES string of the molecule is [CH3][Ge]([CH3])([CH3])[c]1ccc(-c2[c-]cccc2)nc1.[Ir].[c-]1ccc2c(oc3cc(-c4ccccc4)ccc32)c1-c1ccc(-c2ccccc2)cn1. The molecule has 0 aliphatic rings. The Morgan fingerprint density at radius 2 is 1.21 bits per heavy atom. The van der Waals surface area contributed by atoms with E-state index >= 15 is 0 Å². The van der Waals surface area contributed by atoms with Crippen LogP contribution in [0.5, 0.6) is 0 Å². The van der Waals surface area contributed by atoms with Crippen LogP contribution in [0, 0.1) is 12.1 Å². The Morgan fingerprint density at radius 1 is 0.542 bits per heavy atom. The van der Waals surface area contributed by atoms with E-state index in [0.29, 0.717) is 0 Å². The van der Waals surface area contributed by atoms with Gasteiger partial charge in [0.2, 0.25) is 0 Å². The van der Waals surface area contributed by atoms with Crippen molar-refractivity contribution in [2.24, 2.45) is 0 Å². The first-order valence-electron chi connectivity index (χ1n) is 15.8. The number of pyridine rings is 2. The zero-order chi connectivity index (χ0) is 32.2. The van der Waals surface area contributed by atoms with E-state index in [0.717, 1.165) is 61.1 Å². The monoisotopic (exact) mass is 861 g/mol. The predicted molar refractivity (Wildman–Crippen MR) is 198 cm³/mol. The average molecular weight is 860 g/mol. The van der Waals surface area contributed by atoms with Crippen LogP contribution in [0.25, 0.3) is 66.7 Å². The number of aromatic nitrogens is 2. The smallest absolute Gasteiger partial charge is 0.121 e. The van der Waals surface area contributed by atoms with Gasteiger partial charge in [-0.2, -0.15) is 0 Å². The number of rotatable bonds is 5. The molecule has 3 aromatic heterocycles. The summed E-state index contributed by atoms with van der Waals surface area (Å²) in [4.78, 5) is 9.25. The standard InChI is InChI=1S/C29H18NO.C14H16GeN.Ir/c1-3-8-20(9-4-1)22-14-16-24-25-12-7-13-26(29(25)31-28(24)18-22)27-17-15-23(19-30-27)21-10-5-2-6-11-21;1-15(2,3)13-9-10-14(16-11-13)12-7-5-4-6-8-12;/h1-12,14-19H;4-7,9-11H,1-3H3;/q2*-1;. The molecule has 0 fully saturated rings. The summed E-state index contributed by atoms with van der Waals surface area (Å²) in [7, 11) is 0. The summed E-state index contributed by atoms with van der Waals surface area (Å²) >= 11 is -1.72. The Morgan fingerprint density at radius 3 is 1.83 bits per heavy atom. The Kier molecular flexibility index (Phi) is 10.2. The number of benzene rings is 5. The zero-order valence-electron chi connectivity index (χ0n) is 27.1. The van der Waals surface area contributed by atoms with Gasteiger partial charge in [0.15, 0.2) is 0 Å². The first-order valence-corrected chi connectivity index (χ1v) is 23.2. The Hall–Kier alpha value is -4.61. The second-order valence-corrected chi connectivity index (χ2v) is 23.2. The summed E-state index contributed by atoms with van der Waals surface area (Å²) in [6, 6.07) is 54.0. The maximum atomic E-state index is 6.34. The van der Waals surface area contributed by atoms with Gasteiger partial charge in [-0.3, -0.25) is 0 Å². The molecule has 0 saturated heterocycles. The molecular weight excluding hydrogens is 825 g/mol. The van der Waals surface area contributed by atoms with E-state index in [1.807, 2.05) is 73.1 Å². The van der Waals surface area contributed by atoms with Crippen molar-refractivity contribution < 1.29 is 24.5 Å². The molecule has 237 valence electrons. The van der Waals surface area contributed by atoms with Gasteiger partial charge >= 0.3 is 99.8 Å². The largest absolute Gasteiger partial charge is 0.501 e. The van der Waals surface area contributed by atoms with Crippen LogP contribution in [0.1, 0.15) is 0 Å². The van der Waals surface area contributed by atoms with Crippen LogP contribution in [0.4, 0.5) is 0 Å². The van der Waals surface area contributed by atoms with E-state index < -0.39 is 13.3 Å². The fraction of sp³-hybridized carbons (Fsp3) is 0.0698. The summed E-state index contributed by atoms with van der Waals surface area (Å²) in [5.74, 6) is 7.14. The van der Waals surface area contributed by atoms with Gasteiger partial charge in [0, 0.05) is 31.7 Å². The normalized spacial score (nSPS) is 11.1. The van der Waals surface area contributed by atoms with Gasteiger partial charge in [-0.25, -0.2) is 0 Å². The van der Waals surface area contributed by atoms with Gasteiger partial charge in [0.1, 0.15) is 5.58 Å². The Labute approximate surface area is 298 Å². The fourth-order valence-corrected chi connectivity index (χ4v) is 7.81. The van der Waals surface area contributed by atoms with E-state index in [4.69, 9.17) is 9.40 Å². The summed E-state index contributed by atoms with van der Waals surface area (Å²) in [5, 5.41) is 2.18. The van der Waals surface area contributed by atoms with Crippen LogP contribution in [0.2, 0.25) is 17.3 Å². The van der Waals surface area contributed by atoms with Crippen LogP contribution < -0.4 is 4.40 Å². The van der Waals surface area contributed by atoms with Gasteiger partial charge in [-0.1, -0.05) is 95.9 Å². The van der Waals surface area contributed by atoms with Crippen LogP contribution in [-0.2, 0) is 20.1 Å². The maximum Gasteiger partial charge on any atom is 0.121 e. The molecule has 8 aromatic rings. The third-order valence-electron chi connectivity index (χ3n) is 8.28. The molecule has 5 aromatic carbocycles. The third-order valence-corrected chi connectivity index (χ3v) is 12.5. The van der Waals surface area contributed by atoms with Gasteiger partial charge in [-0.05, 0) is 34.0 Å². The molecule has 5 heteroatoms. The van der Waals surface area contributed by atoms with E-state index in [2.05, 4.69) is 113 Å². The number of hydrogen-bond donors (Lipinski definition) is 0. The summed E-state index contributed by atoms with van der Waals surface area (Å²) in [5.41, 5.74) is 10.1. The van der Waals surface area contributed by atoms with Crippen LogP contribution in [-0.4, -0.2) is 23.2 Å². The van der Waals surface area contributed by atoms with E-state index in [1.54, 1.807) is 0 Å². The summed E-state index contributed by atoms with van der Waals surface area (Å²) in [6.07, 6.45) is 3.95. The minimum Gasteiger partial charge on any atom is -0.501 e. The predicted octanol–water partition coefficient (Wildman–Crippen LogP) is 10.9. The molecule has 0 spiro atoms. The molecule has 3 heterocycles. The van der Waals surface area contributed by atoms with Gasteiger partial charge < -0.3 is 9.40 Å². The van der Waals surface area contributed by atoms with Gasteiger partial charge in [0.25, 0.3) is 0 Å². The van der Waals surface area contributed by atoms with E-state index in [-0.39, 0.29) is 20.1 Å². The number of furan rings is 1. The molecule has 1 radical (unpaired) electrons. The van der Waals surface area contributed by atoms with Crippen molar-refractivity contribution in [2.45, 2.75) is 17.3 Å². The second-order valence-electron chi connectivity index (χ2n) is 12.5. The summed E-state index contributed by atoms with van der Waals surface area (Å²) in [6.45, 7) is 0. The van der Waals surface area contributed by atoms with Gasteiger partial charge in [0.05, 0.1) is 5.58 Å². The molecule has 0 N–H and O–H groups in total. The quantitative estimate of drug-likeness (QED) is 0.128. The minimum absolute atomic E-state index is 0. The molecule has 0 aliphatic heterocycles. The van der Waals surface area contributed by atoms with Crippen molar-refractivity contribution in [2.75, 3.05) is 0 Å². The van der Waals surface area contributed by atoms with Crippen LogP contribution >= 0.6 is 0 Å². The minimum atomic E-state index is -1.72. The van der Waals surface area contributed by atoms with E-state index in [9.17, 15) is 0 Å². The Bertz CT molecular complexity index is 2240. The summed E-state index contributed by atoms with van der Waals surface area (Å²) < 4.78 is 7.79. The number of hydrogen-bond acceptors (Lipinski definition) is 3. The third kappa shape index (κ3) is 7.27. The molecule has 0 bridgehead atoms. The van der Waals surface area contributed by atoms with Crippen molar-refractivity contribution in [3.63, 3.8) is 0 Å². The van der Waals surface area contributed by atoms with Crippen molar-refractivity contribution in [3.8, 4) is 44.8 Å². The number of nitrogens with zero attached hydrogens (tertiary/aromatic N) is 2. The van der Waals surface area contributed by atoms with Crippen LogP contribution in [0.3, 0.4) is 0 Å². The molecule has 0 amide bonds. The topological polar surface area (TPSA) is 38.9 Å². The number of fused-ring (bicyclic) bond motifs is 3. The van der Waals surface area contributed by atoms with Crippen molar-refractivity contribution in [3.05, 3.63) is 164 Å². The first kappa shape index (κ1) is 33.3. The molecule has 0 aliphatic carbocycles. The van der Waals surface area contributed by atoms with Gasteiger partial charge in [-0.15, -0.1) is 18.2 Å². The van der Waals surface area contributed by atoms with Crippen molar-refractivity contribution >= 4 is 39.6 Å². The molecular formula is C43H34GeIrN2O-2.